The molecule has 1 saturated heterocycles. The van der Waals surface area contributed by atoms with Gasteiger partial charge in [-0.3, -0.25) is 9.69 Å². The summed E-state index contributed by atoms with van der Waals surface area (Å²) in [5.74, 6) is 1.27. The second-order valence-corrected chi connectivity index (χ2v) is 5.48. The van der Waals surface area contributed by atoms with Crippen molar-refractivity contribution in [1.29, 1.82) is 0 Å². The molecule has 7 heteroatoms. The molecule has 2 fully saturated rings. The van der Waals surface area contributed by atoms with E-state index in [1.807, 2.05) is 12.1 Å². The maximum atomic E-state index is 12.3. The zero-order valence-corrected chi connectivity index (χ0v) is 12.9. The molecular weight excluding hydrogens is 288 g/mol. The van der Waals surface area contributed by atoms with Gasteiger partial charge in [0.2, 0.25) is 5.75 Å². The van der Waals surface area contributed by atoms with E-state index in [9.17, 15) is 9.59 Å². The van der Waals surface area contributed by atoms with E-state index in [4.69, 9.17) is 14.2 Å². The van der Waals surface area contributed by atoms with Gasteiger partial charge in [0.05, 0.1) is 21.3 Å². The van der Waals surface area contributed by atoms with Crippen LogP contribution >= 0.6 is 0 Å². The summed E-state index contributed by atoms with van der Waals surface area (Å²) in [5.41, 5.74) is 0.0506. The molecule has 3 rings (SSSR count). The molecule has 2 aliphatic rings. The summed E-state index contributed by atoms with van der Waals surface area (Å²) in [7, 11) is 6.10. The molecule has 22 heavy (non-hydrogen) atoms. The van der Waals surface area contributed by atoms with Crippen LogP contribution in [0.3, 0.4) is 0 Å². The highest BCUT2D eigenvalue weighted by Gasteiger charge is 2.67. The van der Waals surface area contributed by atoms with Crippen LogP contribution in [-0.2, 0) is 4.79 Å². The third-order valence-corrected chi connectivity index (χ3v) is 4.37. The highest BCUT2D eigenvalue weighted by Crippen LogP contribution is 2.56. The monoisotopic (exact) mass is 306 g/mol. The van der Waals surface area contributed by atoms with E-state index in [2.05, 4.69) is 5.32 Å². The molecular formula is C15H18N2O5. The summed E-state index contributed by atoms with van der Waals surface area (Å²) in [5, 5.41) is 2.78. The lowest BCUT2D eigenvalue weighted by Gasteiger charge is -2.15. The van der Waals surface area contributed by atoms with E-state index in [1.54, 1.807) is 14.2 Å². The fourth-order valence-electron chi connectivity index (χ4n) is 3.06. The molecule has 1 saturated carbocycles. The molecule has 1 aromatic carbocycles. The molecule has 1 aliphatic carbocycles. The van der Waals surface area contributed by atoms with Crippen LogP contribution in [0.4, 0.5) is 4.79 Å². The SMILES string of the molecule is COc1cc(C2CC23NC(=O)N(C)C3=O)cc(OC)c1OC. The van der Waals surface area contributed by atoms with Gasteiger partial charge in [-0.25, -0.2) is 4.79 Å². The van der Waals surface area contributed by atoms with Crippen LogP contribution in [0.15, 0.2) is 12.1 Å². The predicted molar refractivity (Wildman–Crippen MR) is 77.5 cm³/mol. The second-order valence-electron chi connectivity index (χ2n) is 5.48. The molecule has 2 unspecified atom stereocenters. The van der Waals surface area contributed by atoms with Crippen molar-refractivity contribution in [3.05, 3.63) is 17.7 Å². The first-order valence-corrected chi connectivity index (χ1v) is 6.88. The van der Waals surface area contributed by atoms with Crippen LogP contribution in [0.1, 0.15) is 17.9 Å². The second kappa shape index (κ2) is 4.79. The molecule has 1 aliphatic heterocycles. The topological polar surface area (TPSA) is 77.1 Å². The first-order valence-electron chi connectivity index (χ1n) is 6.88. The van der Waals surface area contributed by atoms with E-state index in [1.165, 1.54) is 14.2 Å². The molecule has 0 aromatic heterocycles. The van der Waals surface area contributed by atoms with Gasteiger partial charge < -0.3 is 19.5 Å². The Balaban J connectivity index is 1.98. The van der Waals surface area contributed by atoms with Gasteiger partial charge in [0, 0.05) is 13.0 Å². The Morgan fingerprint density at radius 3 is 2.14 bits per heavy atom. The summed E-state index contributed by atoms with van der Waals surface area (Å²) in [4.78, 5) is 25.1. The number of urea groups is 1. The highest BCUT2D eigenvalue weighted by atomic mass is 16.5. The Hall–Kier alpha value is -2.44. The largest absolute Gasteiger partial charge is 0.493 e. The van der Waals surface area contributed by atoms with Crippen molar-refractivity contribution in [2.75, 3.05) is 28.4 Å². The molecule has 1 spiro atoms. The number of nitrogens with zero attached hydrogens (tertiary/aromatic N) is 1. The van der Waals surface area contributed by atoms with Gasteiger partial charge in [-0.05, 0) is 24.1 Å². The lowest BCUT2D eigenvalue weighted by Crippen LogP contribution is -2.33. The number of carbonyl (C=O) groups excluding carboxylic acids is 2. The minimum atomic E-state index is -0.823. The van der Waals surface area contributed by atoms with Crippen molar-refractivity contribution in [3.63, 3.8) is 0 Å². The third-order valence-electron chi connectivity index (χ3n) is 4.37. The Bertz CT molecular complexity index is 634. The van der Waals surface area contributed by atoms with E-state index in [-0.39, 0.29) is 17.9 Å². The van der Waals surface area contributed by atoms with Crippen molar-refractivity contribution in [1.82, 2.24) is 10.2 Å². The Kier molecular flexibility index (Phi) is 3.16. The van der Waals surface area contributed by atoms with E-state index >= 15 is 0 Å². The van der Waals surface area contributed by atoms with Gasteiger partial charge in [-0.15, -0.1) is 0 Å². The van der Waals surface area contributed by atoms with Crippen LogP contribution in [0.25, 0.3) is 0 Å². The number of amides is 3. The van der Waals surface area contributed by atoms with Crippen LogP contribution in [0.5, 0.6) is 17.2 Å². The lowest BCUT2D eigenvalue weighted by atomic mass is 10.0. The minimum Gasteiger partial charge on any atom is -0.493 e. The van der Waals surface area contributed by atoms with Gasteiger partial charge in [0.25, 0.3) is 5.91 Å². The summed E-state index contributed by atoms with van der Waals surface area (Å²) >= 11 is 0. The first-order chi connectivity index (χ1) is 10.5. The molecule has 2 atom stereocenters. The average molecular weight is 306 g/mol. The molecule has 0 bridgehead atoms. The number of ether oxygens (including phenoxy) is 3. The molecule has 1 heterocycles. The van der Waals surface area contributed by atoms with Gasteiger partial charge in [0.1, 0.15) is 5.54 Å². The number of benzene rings is 1. The zero-order chi connectivity index (χ0) is 16.1. The highest BCUT2D eigenvalue weighted by molar-refractivity contribution is 6.09. The van der Waals surface area contributed by atoms with Crippen molar-refractivity contribution in [2.45, 2.75) is 17.9 Å². The number of hydrogen-bond donors (Lipinski definition) is 1. The van der Waals surface area contributed by atoms with Crippen molar-refractivity contribution >= 4 is 11.9 Å². The standard InChI is InChI=1S/C15H18N2O5/c1-17-13(18)15(16-14(17)19)7-9(15)8-5-10(20-2)12(22-4)11(6-8)21-3/h5-6,9H,7H2,1-4H3,(H,16,19). The normalized spacial score (nSPS) is 26.2. The van der Waals surface area contributed by atoms with Crippen molar-refractivity contribution in [2.24, 2.45) is 0 Å². The average Bonchev–Trinajstić information content (AvgIpc) is 3.22. The number of carbonyl (C=O) groups is 2. The number of imide groups is 1. The summed E-state index contributed by atoms with van der Waals surface area (Å²) in [6.45, 7) is 0. The minimum absolute atomic E-state index is 0.0948. The molecule has 3 amide bonds. The molecule has 7 nitrogen and oxygen atoms in total. The van der Waals surface area contributed by atoms with Gasteiger partial charge >= 0.3 is 6.03 Å². The fourth-order valence-corrected chi connectivity index (χ4v) is 3.06. The lowest BCUT2D eigenvalue weighted by molar-refractivity contribution is -0.127. The van der Waals surface area contributed by atoms with Crippen LogP contribution in [0.2, 0.25) is 0 Å². The summed E-state index contributed by atoms with van der Waals surface area (Å²) in [6.07, 6.45) is 0.570. The number of methoxy groups -OCH3 is 3. The number of likely N-dealkylation sites (N-methyl/N-ethyl adjacent to an activating group) is 1. The maximum Gasteiger partial charge on any atom is 0.324 e. The van der Waals surface area contributed by atoms with E-state index < -0.39 is 5.54 Å². The fraction of sp³-hybridized carbons (Fsp3) is 0.467. The Morgan fingerprint density at radius 1 is 1.14 bits per heavy atom. The van der Waals surface area contributed by atoms with Crippen LogP contribution < -0.4 is 19.5 Å². The quantitative estimate of drug-likeness (QED) is 0.844. The Labute approximate surface area is 128 Å². The molecule has 118 valence electrons. The third kappa shape index (κ3) is 1.81. The Morgan fingerprint density at radius 2 is 1.73 bits per heavy atom. The van der Waals surface area contributed by atoms with Gasteiger partial charge in [0.15, 0.2) is 11.5 Å². The van der Waals surface area contributed by atoms with E-state index in [0.717, 1.165) is 10.5 Å². The molecule has 0 radical (unpaired) electrons. The number of hydrogen-bond acceptors (Lipinski definition) is 5. The maximum absolute atomic E-state index is 12.3. The first kappa shape index (κ1) is 14.5. The molecule has 1 N–H and O–H groups in total. The van der Waals surface area contributed by atoms with Crippen molar-refractivity contribution < 1.29 is 23.8 Å². The number of rotatable bonds is 4. The predicted octanol–water partition coefficient (Wildman–Crippen LogP) is 1.12. The summed E-state index contributed by atoms with van der Waals surface area (Å²) < 4.78 is 16.0. The van der Waals surface area contributed by atoms with Crippen LogP contribution in [0, 0.1) is 0 Å². The smallest absolute Gasteiger partial charge is 0.324 e. The summed E-state index contributed by atoms with van der Waals surface area (Å²) in [6, 6.07) is 3.27. The van der Waals surface area contributed by atoms with Gasteiger partial charge in [-0.2, -0.15) is 0 Å². The van der Waals surface area contributed by atoms with E-state index in [0.29, 0.717) is 23.7 Å². The van der Waals surface area contributed by atoms with Crippen LogP contribution in [-0.4, -0.2) is 50.8 Å². The zero-order valence-electron chi connectivity index (χ0n) is 12.9. The van der Waals surface area contributed by atoms with Crippen molar-refractivity contribution in [3.8, 4) is 17.2 Å². The number of nitrogens with one attached hydrogen (secondary N) is 1. The molecule has 1 aromatic rings. The van der Waals surface area contributed by atoms with Gasteiger partial charge in [-0.1, -0.05) is 0 Å².